The summed E-state index contributed by atoms with van der Waals surface area (Å²) in [4.78, 5) is 34.2. The largest absolute Gasteiger partial charge is 0.465 e. The predicted molar refractivity (Wildman–Crippen MR) is 89.6 cm³/mol. The van der Waals surface area contributed by atoms with E-state index in [1.807, 2.05) is 0 Å². The van der Waals surface area contributed by atoms with Gasteiger partial charge in [-0.15, -0.1) is 0 Å². The number of methoxy groups -OCH3 is 1. The Kier molecular flexibility index (Phi) is 6.89. The van der Waals surface area contributed by atoms with Gasteiger partial charge in [0.2, 0.25) is 0 Å². The lowest BCUT2D eigenvalue weighted by Gasteiger charge is -2.42. The molecule has 1 aromatic rings. The van der Waals surface area contributed by atoms with E-state index in [1.165, 1.54) is 26.2 Å². The molecule has 1 saturated heterocycles. The summed E-state index contributed by atoms with van der Waals surface area (Å²) in [7, 11) is 1.24. The summed E-state index contributed by atoms with van der Waals surface area (Å²) in [6.07, 6.45) is -6.22. The summed E-state index contributed by atoms with van der Waals surface area (Å²) < 4.78 is 20.4. The van der Waals surface area contributed by atoms with Crippen LogP contribution in [-0.4, -0.2) is 66.3 Å². The van der Waals surface area contributed by atoms with Gasteiger partial charge in [0.15, 0.2) is 6.10 Å². The summed E-state index contributed by atoms with van der Waals surface area (Å²) in [5, 5.41) is 20.9. The third-order valence-electron chi connectivity index (χ3n) is 4.07. The monoisotopic (exact) mass is 382 g/mol. The third kappa shape index (κ3) is 5.03. The summed E-state index contributed by atoms with van der Waals surface area (Å²) in [5.74, 6) is -1.84. The van der Waals surface area contributed by atoms with Gasteiger partial charge in [-0.1, -0.05) is 12.1 Å². The first kappa shape index (κ1) is 20.8. The quantitative estimate of drug-likeness (QED) is 0.539. The van der Waals surface area contributed by atoms with Crippen molar-refractivity contribution in [3.05, 3.63) is 35.4 Å². The molecule has 0 radical (unpaired) electrons. The molecule has 2 N–H and O–H groups in total. The number of hydrogen-bond donors (Lipinski definition) is 2. The normalized spacial score (nSPS) is 27.5. The molecule has 1 aromatic carbocycles. The predicted octanol–water partition coefficient (Wildman–Crippen LogP) is 0.130. The highest BCUT2D eigenvalue weighted by Crippen LogP contribution is 2.34. The number of esters is 3. The maximum atomic E-state index is 11.7. The molecule has 1 heterocycles. The second-order valence-electron chi connectivity index (χ2n) is 6.07. The Morgan fingerprint density at radius 3 is 2.41 bits per heavy atom. The van der Waals surface area contributed by atoms with Gasteiger partial charge in [0.25, 0.3) is 0 Å². The van der Waals surface area contributed by atoms with Gasteiger partial charge in [0.1, 0.15) is 31.0 Å². The molecule has 148 valence electrons. The summed E-state index contributed by atoms with van der Waals surface area (Å²) >= 11 is 0. The van der Waals surface area contributed by atoms with E-state index in [2.05, 4.69) is 4.74 Å². The Balaban J connectivity index is 2.31. The summed E-state index contributed by atoms with van der Waals surface area (Å²) in [5.41, 5.74) is 0.637. The molecule has 1 aliphatic rings. The molecule has 5 atom stereocenters. The van der Waals surface area contributed by atoms with E-state index >= 15 is 0 Å². The zero-order chi connectivity index (χ0) is 20.1. The number of benzene rings is 1. The van der Waals surface area contributed by atoms with Crippen LogP contribution in [0.15, 0.2) is 24.3 Å². The number of hydrogen-bond acceptors (Lipinski definition) is 9. The SMILES string of the molecule is COC(=O)c1cccc([C@H]2O[C@H](COC(C)=O)[C@@H](OC(C)=O)[C@H](O)[C@@H]2O)c1. The van der Waals surface area contributed by atoms with Gasteiger partial charge in [-0.3, -0.25) is 9.59 Å². The molecule has 9 heteroatoms. The van der Waals surface area contributed by atoms with E-state index in [1.54, 1.807) is 12.1 Å². The van der Waals surface area contributed by atoms with Crippen LogP contribution < -0.4 is 0 Å². The van der Waals surface area contributed by atoms with Crippen LogP contribution in [-0.2, 0) is 28.5 Å². The van der Waals surface area contributed by atoms with Gasteiger partial charge >= 0.3 is 17.9 Å². The molecule has 1 fully saturated rings. The second-order valence-corrected chi connectivity index (χ2v) is 6.07. The topological polar surface area (TPSA) is 129 Å². The molecular weight excluding hydrogens is 360 g/mol. The Labute approximate surface area is 155 Å². The number of carbonyl (C=O) groups excluding carboxylic acids is 3. The van der Waals surface area contributed by atoms with Crippen molar-refractivity contribution in [2.24, 2.45) is 0 Å². The van der Waals surface area contributed by atoms with E-state index in [4.69, 9.17) is 14.2 Å². The van der Waals surface area contributed by atoms with Crippen LogP contribution in [0.4, 0.5) is 0 Å². The molecule has 0 bridgehead atoms. The summed E-state index contributed by atoms with van der Waals surface area (Å²) in [6, 6.07) is 6.16. The van der Waals surface area contributed by atoms with E-state index in [0.29, 0.717) is 5.56 Å². The van der Waals surface area contributed by atoms with Crippen molar-refractivity contribution < 1.29 is 43.5 Å². The zero-order valence-corrected chi connectivity index (χ0v) is 15.2. The van der Waals surface area contributed by atoms with Crippen molar-refractivity contribution >= 4 is 17.9 Å². The van der Waals surface area contributed by atoms with E-state index < -0.39 is 48.4 Å². The fourth-order valence-corrected chi connectivity index (χ4v) is 2.85. The molecule has 0 amide bonds. The standard InChI is InChI=1S/C18H22O9/c1-9(19)25-8-13-17(26-10(2)20)15(22)14(21)16(27-13)11-5-4-6-12(7-11)18(23)24-3/h4-7,13-17,21-22H,8H2,1-3H3/t13-,14+,15-,16-,17-/m1/s1. The van der Waals surface area contributed by atoms with Gasteiger partial charge in [0.05, 0.1) is 12.7 Å². The molecule has 0 aliphatic carbocycles. The van der Waals surface area contributed by atoms with E-state index in [0.717, 1.165) is 6.92 Å². The second kappa shape index (κ2) is 8.94. The molecule has 1 aliphatic heterocycles. The van der Waals surface area contributed by atoms with E-state index in [9.17, 15) is 24.6 Å². The van der Waals surface area contributed by atoms with Gasteiger partial charge in [0, 0.05) is 13.8 Å². The van der Waals surface area contributed by atoms with Crippen molar-refractivity contribution in [3.8, 4) is 0 Å². The van der Waals surface area contributed by atoms with Crippen LogP contribution in [0.1, 0.15) is 35.9 Å². The fraction of sp³-hybridized carbons (Fsp3) is 0.500. The maximum Gasteiger partial charge on any atom is 0.337 e. The van der Waals surface area contributed by atoms with Crippen LogP contribution in [0.2, 0.25) is 0 Å². The van der Waals surface area contributed by atoms with Crippen molar-refractivity contribution in [1.82, 2.24) is 0 Å². The number of aliphatic hydroxyl groups is 2. The van der Waals surface area contributed by atoms with Crippen LogP contribution in [0.5, 0.6) is 0 Å². The molecule has 27 heavy (non-hydrogen) atoms. The van der Waals surface area contributed by atoms with Crippen LogP contribution >= 0.6 is 0 Å². The average molecular weight is 382 g/mol. The lowest BCUT2D eigenvalue weighted by atomic mass is 9.90. The smallest absolute Gasteiger partial charge is 0.337 e. The van der Waals surface area contributed by atoms with Gasteiger partial charge in [-0.2, -0.15) is 0 Å². The molecular formula is C18H22O9. The van der Waals surface area contributed by atoms with Crippen molar-refractivity contribution in [2.45, 2.75) is 44.4 Å². The number of carbonyl (C=O) groups is 3. The molecule has 0 unspecified atom stereocenters. The molecule has 2 rings (SSSR count). The first-order chi connectivity index (χ1) is 12.7. The maximum absolute atomic E-state index is 11.7. The highest BCUT2D eigenvalue weighted by Gasteiger charge is 2.47. The van der Waals surface area contributed by atoms with Crippen molar-refractivity contribution in [2.75, 3.05) is 13.7 Å². The summed E-state index contributed by atoms with van der Waals surface area (Å²) in [6.45, 7) is 2.06. The van der Waals surface area contributed by atoms with Crippen LogP contribution in [0.25, 0.3) is 0 Å². The third-order valence-corrected chi connectivity index (χ3v) is 4.07. The van der Waals surface area contributed by atoms with Crippen molar-refractivity contribution in [1.29, 1.82) is 0 Å². The Morgan fingerprint density at radius 2 is 1.81 bits per heavy atom. The first-order valence-corrected chi connectivity index (χ1v) is 8.25. The van der Waals surface area contributed by atoms with Gasteiger partial charge < -0.3 is 29.2 Å². The highest BCUT2D eigenvalue weighted by atomic mass is 16.6. The number of rotatable bonds is 5. The Hall–Kier alpha value is -2.49. The molecule has 0 aromatic heterocycles. The molecule has 9 nitrogen and oxygen atoms in total. The van der Waals surface area contributed by atoms with Crippen LogP contribution in [0, 0.1) is 0 Å². The minimum atomic E-state index is -1.49. The number of ether oxygens (including phenoxy) is 4. The van der Waals surface area contributed by atoms with E-state index in [-0.39, 0.29) is 12.2 Å². The minimum Gasteiger partial charge on any atom is -0.465 e. The average Bonchev–Trinajstić information content (AvgIpc) is 2.63. The Bertz CT molecular complexity index is 702. The lowest BCUT2D eigenvalue weighted by Crippen LogP contribution is -2.57. The number of aliphatic hydroxyl groups excluding tert-OH is 2. The van der Waals surface area contributed by atoms with Gasteiger partial charge in [-0.05, 0) is 17.7 Å². The molecule has 0 saturated carbocycles. The fourth-order valence-electron chi connectivity index (χ4n) is 2.85. The lowest BCUT2D eigenvalue weighted by molar-refractivity contribution is -0.242. The molecule has 0 spiro atoms. The highest BCUT2D eigenvalue weighted by molar-refractivity contribution is 5.89. The van der Waals surface area contributed by atoms with Crippen LogP contribution in [0.3, 0.4) is 0 Å². The first-order valence-electron chi connectivity index (χ1n) is 8.25. The zero-order valence-electron chi connectivity index (χ0n) is 15.2. The Morgan fingerprint density at radius 1 is 1.11 bits per heavy atom. The van der Waals surface area contributed by atoms with Gasteiger partial charge in [-0.25, -0.2) is 4.79 Å². The minimum absolute atomic E-state index is 0.235. The van der Waals surface area contributed by atoms with Crippen molar-refractivity contribution in [3.63, 3.8) is 0 Å².